The molecular formula is C15H9F3O4. The van der Waals surface area contributed by atoms with Crippen LogP contribution in [0.4, 0.5) is 13.2 Å². The summed E-state index contributed by atoms with van der Waals surface area (Å²) in [6.45, 7) is 0. The van der Waals surface area contributed by atoms with Gasteiger partial charge in [0.25, 0.3) is 0 Å². The summed E-state index contributed by atoms with van der Waals surface area (Å²) in [6.07, 6.45) is -4.89. The molecule has 0 aliphatic heterocycles. The zero-order valence-corrected chi connectivity index (χ0v) is 10.9. The molecule has 0 saturated heterocycles. The quantitative estimate of drug-likeness (QED) is 0.905. The molecule has 0 atom stereocenters. The van der Waals surface area contributed by atoms with E-state index in [4.69, 9.17) is 10.2 Å². The summed E-state index contributed by atoms with van der Waals surface area (Å²) in [5.41, 5.74) is -2.77. The third-order valence-corrected chi connectivity index (χ3v) is 3.00. The van der Waals surface area contributed by atoms with Crippen LogP contribution in [0.25, 0.3) is 11.1 Å². The van der Waals surface area contributed by atoms with E-state index >= 15 is 0 Å². The van der Waals surface area contributed by atoms with Crippen LogP contribution in [0.15, 0.2) is 42.5 Å². The van der Waals surface area contributed by atoms with Crippen LogP contribution >= 0.6 is 0 Å². The summed E-state index contributed by atoms with van der Waals surface area (Å²) in [4.78, 5) is 22.0. The summed E-state index contributed by atoms with van der Waals surface area (Å²) < 4.78 is 39.7. The number of halogens is 3. The molecule has 2 aromatic carbocycles. The highest BCUT2D eigenvalue weighted by Gasteiger charge is 2.38. The zero-order chi connectivity index (χ0) is 16.5. The van der Waals surface area contributed by atoms with Crippen molar-refractivity contribution in [3.05, 3.63) is 59.2 Å². The summed E-state index contributed by atoms with van der Waals surface area (Å²) in [6, 6.07) is 8.04. The van der Waals surface area contributed by atoms with Gasteiger partial charge in [0.15, 0.2) is 0 Å². The Morgan fingerprint density at radius 3 is 2.09 bits per heavy atom. The monoisotopic (exact) mass is 310 g/mol. The van der Waals surface area contributed by atoms with Gasteiger partial charge in [-0.15, -0.1) is 0 Å². The first-order valence-electron chi connectivity index (χ1n) is 5.99. The second-order valence-electron chi connectivity index (χ2n) is 4.42. The van der Waals surface area contributed by atoms with Gasteiger partial charge in [-0.3, -0.25) is 0 Å². The second-order valence-corrected chi connectivity index (χ2v) is 4.42. The lowest BCUT2D eigenvalue weighted by atomic mass is 9.94. The molecule has 2 N–H and O–H groups in total. The van der Waals surface area contributed by atoms with Gasteiger partial charge < -0.3 is 10.2 Å². The van der Waals surface area contributed by atoms with Crippen LogP contribution in [0.1, 0.15) is 26.3 Å². The predicted octanol–water partition coefficient (Wildman–Crippen LogP) is 3.77. The fourth-order valence-electron chi connectivity index (χ4n) is 2.10. The third kappa shape index (κ3) is 2.93. The molecule has 2 aromatic rings. The van der Waals surface area contributed by atoms with E-state index in [1.54, 1.807) is 0 Å². The standard InChI is InChI=1S/C15H9F3O4/c16-15(17,18)12-10(5-2-6-11(12)14(21)22)8-3-1-4-9(7-8)13(19)20/h1-7H,(H,19,20)(H,21,22). The lowest BCUT2D eigenvalue weighted by Gasteiger charge is -2.16. The van der Waals surface area contributed by atoms with Crippen molar-refractivity contribution < 1.29 is 33.0 Å². The molecule has 0 radical (unpaired) electrons. The molecule has 0 spiro atoms. The van der Waals surface area contributed by atoms with E-state index in [0.717, 1.165) is 18.2 Å². The molecule has 4 nitrogen and oxygen atoms in total. The largest absolute Gasteiger partial charge is 0.478 e. The van der Waals surface area contributed by atoms with Gasteiger partial charge in [0.1, 0.15) is 0 Å². The van der Waals surface area contributed by atoms with Gasteiger partial charge in [0, 0.05) is 0 Å². The molecule has 0 bridgehead atoms. The number of hydrogen-bond acceptors (Lipinski definition) is 2. The summed E-state index contributed by atoms with van der Waals surface area (Å²) in [5.74, 6) is -2.99. The highest BCUT2D eigenvalue weighted by molar-refractivity contribution is 5.94. The van der Waals surface area contributed by atoms with Crippen LogP contribution in [0.3, 0.4) is 0 Å². The Morgan fingerprint density at radius 2 is 1.55 bits per heavy atom. The topological polar surface area (TPSA) is 74.6 Å². The number of carbonyl (C=O) groups is 2. The molecule has 0 fully saturated rings. The number of rotatable bonds is 3. The minimum Gasteiger partial charge on any atom is -0.478 e. The van der Waals surface area contributed by atoms with E-state index in [0.29, 0.717) is 0 Å². The van der Waals surface area contributed by atoms with Gasteiger partial charge in [0.2, 0.25) is 0 Å². The van der Waals surface area contributed by atoms with Crippen molar-refractivity contribution in [2.24, 2.45) is 0 Å². The predicted molar refractivity (Wildman–Crippen MR) is 70.8 cm³/mol. The van der Waals surface area contributed by atoms with E-state index < -0.39 is 29.2 Å². The Bertz CT molecular complexity index is 751. The molecule has 0 saturated carbocycles. The molecule has 0 aliphatic rings. The molecule has 0 aromatic heterocycles. The Morgan fingerprint density at radius 1 is 0.909 bits per heavy atom. The van der Waals surface area contributed by atoms with E-state index in [2.05, 4.69) is 0 Å². The minimum atomic E-state index is -4.89. The number of carboxylic acid groups (broad SMARTS) is 2. The van der Waals surface area contributed by atoms with Crippen LogP contribution in [0.5, 0.6) is 0 Å². The fourth-order valence-corrected chi connectivity index (χ4v) is 2.10. The Balaban J connectivity index is 2.76. The van der Waals surface area contributed by atoms with Gasteiger partial charge in [-0.1, -0.05) is 24.3 Å². The van der Waals surface area contributed by atoms with Gasteiger partial charge in [0.05, 0.1) is 16.7 Å². The molecule has 22 heavy (non-hydrogen) atoms. The molecule has 0 heterocycles. The Labute approximate surface area is 122 Å². The van der Waals surface area contributed by atoms with Gasteiger partial charge >= 0.3 is 18.1 Å². The number of alkyl halides is 3. The zero-order valence-electron chi connectivity index (χ0n) is 10.9. The van der Waals surface area contributed by atoms with Gasteiger partial charge in [-0.05, 0) is 29.3 Å². The van der Waals surface area contributed by atoms with Crippen molar-refractivity contribution in [1.29, 1.82) is 0 Å². The first-order valence-corrected chi connectivity index (χ1v) is 5.99. The van der Waals surface area contributed by atoms with E-state index in [-0.39, 0.29) is 16.7 Å². The maximum Gasteiger partial charge on any atom is 0.417 e. The SMILES string of the molecule is O=C(O)c1cccc(-c2cccc(C(=O)O)c2C(F)(F)F)c1. The molecular weight excluding hydrogens is 301 g/mol. The number of aromatic carboxylic acids is 2. The maximum atomic E-state index is 13.2. The maximum absolute atomic E-state index is 13.2. The first kappa shape index (κ1) is 15.6. The fraction of sp³-hybridized carbons (Fsp3) is 0.0667. The summed E-state index contributed by atoms with van der Waals surface area (Å²) in [7, 11) is 0. The van der Waals surface area contributed by atoms with Gasteiger partial charge in [-0.25, -0.2) is 9.59 Å². The molecule has 114 valence electrons. The van der Waals surface area contributed by atoms with Crippen LogP contribution in [-0.4, -0.2) is 22.2 Å². The minimum absolute atomic E-state index is 0.0182. The normalized spacial score (nSPS) is 11.2. The number of benzene rings is 2. The van der Waals surface area contributed by atoms with Crippen molar-refractivity contribution in [1.82, 2.24) is 0 Å². The lowest BCUT2D eigenvalue weighted by Crippen LogP contribution is -2.14. The molecule has 7 heteroatoms. The highest BCUT2D eigenvalue weighted by Crippen LogP contribution is 2.39. The van der Waals surface area contributed by atoms with Crippen molar-refractivity contribution in [3.8, 4) is 11.1 Å². The first-order chi connectivity index (χ1) is 10.2. The summed E-state index contributed by atoms with van der Waals surface area (Å²) in [5, 5.41) is 17.9. The van der Waals surface area contributed by atoms with E-state index in [9.17, 15) is 22.8 Å². The average molecular weight is 310 g/mol. The Kier molecular flexibility index (Phi) is 3.90. The molecule has 0 unspecified atom stereocenters. The van der Waals surface area contributed by atoms with Crippen LogP contribution in [-0.2, 0) is 6.18 Å². The molecule has 0 amide bonds. The van der Waals surface area contributed by atoms with Crippen LogP contribution in [0.2, 0.25) is 0 Å². The van der Waals surface area contributed by atoms with Crippen LogP contribution < -0.4 is 0 Å². The lowest BCUT2D eigenvalue weighted by molar-refractivity contribution is -0.137. The third-order valence-electron chi connectivity index (χ3n) is 3.00. The van der Waals surface area contributed by atoms with Gasteiger partial charge in [-0.2, -0.15) is 13.2 Å². The van der Waals surface area contributed by atoms with Crippen molar-refractivity contribution in [2.75, 3.05) is 0 Å². The average Bonchev–Trinajstić information content (AvgIpc) is 2.45. The van der Waals surface area contributed by atoms with E-state index in [1.807, 2.05) is 0 Å². The highest BCUT2D eigenvalue weighted by atomic mass is 19.4. The molecule has 0 aliphatic carbocycles. The van der Waals surface area contributed by atoms with Crippen molar-refractivity contribution in [3.63, 3.8) is 0 Å². The van der Waals surface area contributed by atoms with Crippen molar-refractivity contribution >= 4 is 11.9 Å². The number of hydrogen-bond donors (Lipinski definition) is 2. The van der Waals surface area contributed by atoms with Crippen LogP contribution in [0, 0.1) is 0 Å². The van der Waals surface area contributed by atoms with Crippen molar-refractivity contribution in [2.45, 2.75) is 6.18 Å². The second kappa shape index (κ2) is 5.51. The Hall–Kier alpha value is -2.83. The number of carboxylic acids is 2. The smallest absolute Gasteiger partial charge is 0.417 e. The molecule has 2 rings (SSSR count). The van der Waals surface area contributed by atoms with E-state index in [1.165, 1.54) is 24.3 Å². The summed E-state index contributed by atoms with van der Waals surface area (Å²) >= 11 is 0.